The average molecular weight is 261 g/mol. The number of nitrogens with one attached hydrogen (secondary N) is 2. The first-order chi connectivity index (χ1) is 8.67. The minimum atomic E-state index is -0.715. The minimum absolute atomic E-state index is 0.158. The lowest BCUT2D eigenvalue weighted by atomic mass is 10.3. The van der Waals surface area contributed by atoms with Crippen LogP contribution in [0.4, 0.5) is 5.69 Å². The summed E-state index contributed by atoms with van der Waals surface area (Å²) in [5, 5.41) is 14.5. The van der Waals surface area contributed by atoms with E-state index in [4.69, 9.17) is 17.5 Å². The Morgan fingerprint density at radius 2 is 2.11 bits per heavy atom. The van der Waals surface area contributed by atoms with Crippen LogP contribution in [0.3, 0.4) is 0 Å². The third-order valence-electron chi connectivity index (χ3n) is 1.91. The highest BCUT2D eigenvalue weighted by atomic mass is 32.1. The lowest BCUT2D eigenvalue weighted by molar-refractivity contribution is -0.135. The lowest BCUT2D eigenvalue weighted by Crippen LogP contribution is -2.24. The minimum Gasteiger partial charge on any atom is -0.465 e. The zero-order valence-electron chi connectivity index (χ0n) is 9.64. The van der Waals surface area contributed by atoms with Crippen LogP contribution >= 0.6 is 12.2 Å². The molecule has 5 nitrogen and oxygen atoms in total. The van der Waals surface area contributed by atoms with Crippen molar-refractivity contribution in [3.63, 3.8) is 0 Å². The van der Waals surface area contributed by atoms with Crippen LogP contribution in [0.1, 0.15) is 0 Å². The fraction of sp³-hybridized carbons (Fsp3) is 0.0833. The quantitative estimate of drug-likeness (QED) is 0.372. The third kappa shape index (κ3) is 4.23. The van der Waals surface area contributed by atoms with Gasteiger partial charge < -0.3 is 15.4 Å². The molecule has 0 unspecified atom stereocenters. The van der Waals surface area contributed by atoms with Gasteiger partial charge >= 0.3 is 5.97 Å². The molecule has 0 heterocycles. The van der Waals surface area contributed by atoms with E-state index in [0.29, 0.717) is 0 Å². The van der Waals surface area contributed by atoms with Crippen LogP contribution in [0.5, 0.6) is 0 Å². The summed E-state index contributed by atoms with van der Waals surface area (Å²) < 4.78 is 4.42. The molecule has 6 heteroatoms. The summed E-state index contributed by atoms with van der Waals surface area (Å²) in [5.41, 5.74) is 0.648. The Morgan fingerprint density at radius 1 is 1.44 bits per heavy atom. The zero-order valence-corrected chi connectivity index (χ0v) is 10.5. The van der Waals surface area contributed by atoms with Crippen LogP contribution in [-0.2, 0) is 9.53 Å². The smallest absolute Gasteiger partial charge is 0.350 e. The number of benzene rings is 1. The number of anilines is 1. The maximum atomic E-state index is 11.1. The topological polar surface area (TPSA) is 74.2 Å². The van der Waals surface area contributed by atoms with Crippen LogP contribution in [0.2, 0.25) is 0 Å². The Bertz CT molecular complexity index is 506. The van der Waals surface area contributed by atoms with Crippen molar-refractivity contribution < 1.29 is 9.53 Å². The summed E-state index contributed by atoms with van der Waals surface area (Å²) in [5.74, 6) is -0.715. The van der Waals surface area contributed by atoms with Gasteiger partial charge in [-0.1, -0.05) is 18.2 Å². The van der Waals surface area contributed by atoms with Crippen molar-refractivity contribution in [1.82, 2.24) is 5.32 Å². The highest BCUT2D eigenvalue weighted by molar-refractivity contribution is 7.80. The van der Waals surface area contributed by atoms with Crippen LogP contribution in [-0.4, -0.2) is 18.2 Å². The standard InChI is InChI=1S/C12H11N3O2S/c1-17-11(16)9(7-13)8-14-12(18)15-10-5-3-2-4-6-10/h2-6,8H,1H3,(H2,14,15,18)/b9-8+. The number of rotatable bonds is 3. The molecule has 18 heavy (non-hydrogen) atoms. The van der Waals surface area contributed by atoms with Gasteiger partial charge in [0.1, 0.15) is 6.07 Å². The highest BCUT2D eigenvalue weighted by Gasteiger charge is 2.08. The van der Waals surface area contributed by atoms with Gasteiger partial charge in [-0.05, 0) is 24.4 Å². The van der Waals surface area contributed by atoms with Crippen LogP contribution in [0, 0.1) is 11.3 Å². The first-order valence-corrected chi connectivity index (χ1v) is 5.39. The van der Waals surface area contributed by atoms with Crippen molar-refractivity contribution in [3.8, 4) is 6.07 Å². The molecule has 0 radical (unpaired) electrons. The van der Waals surface area contributed by atoms with Crippen molar-refractivity contribution in [3.05, 3.63) is 42.1 Å². The van der Waals surface area contributed by atoms with Gasteiger partial charge in [-0.3, -0.25) is 0 Å². The molecule has 1 aromatic rings. The number of para-hydroxylation sites is 1. The van der Waals surface area contributed by atoms with Gasteiger partial charge in [-0.15, -0.1) is 0 Å². The second kappa shape index (κ2) is 7.04. The molecular weight excluding hydrogens is 250 g/mol. The summed E-state index contributed by atoms with van der Waals surface area (Å²) in [6.07, 6.45) is 1.20. The van der Waals surface area contributed by atoms with E-state index in [2.05, 4.69) is 15.4 Å². The number of esters is 1. The molecule has 0 bridgehead atoms. The predicted molar refractivity (Wildman–Crippen MR) is 71.5 cm³/mol. The van der Waals surface area contributed by atoms with E-state index in [1.807, 2.05) is 30.3 Å². The first-order valence-electron chi connectivity index (χ1n) is 4.98. The number of nitrogens with zero attached hydrogens (tertiary/aromatic N) is 1. The van der Waals surface area contributed by atoms with Crippen molar-refractivity contribution in [2.45, 2.75) is 0 Å². The second-order valence-electron chi connectivity index (χ2n) is 3.13. The van der Waals surface area contributed by atoms with Gasteiger partial charge in [-0.2, -0.15) is 5.26 Å². The summed E-state index contributed by atoms with van der Waals surface area (Å²) >= 11 is 5.00. The van der Waals surface area contributed by atoms with Crippen molar-refractivity contribution in [1.29, 1.82) is 5.26 Å². The maximum Gasteiger partial charge on any atom is 0.350 e. The van der Waals surface area contributed by atoms with E-state index in [1.165, 1.54) is 13.3 Å². The monoisotopic (exact) mass is 261 g/mol. The Balaban J connectivity index is 2.58. The summed E-state index contributed by atoms with van der Waals surface area (Å²) in [7, 11) is 1.20. The van der Waals surface area contributed by atoms with Crippen LogP contribution in [0.15, 0.2) is 42.1 Å². The molecule has 0 atom stereocenters. The van der Waals surface area contributed by atoms with Gasteiger partial charge in [0.25, 0.3) is 0 Å². The Kier molecular flexibility index (Phi) is 5.35. The number of hydrogen-bond acceptors (Lipinski definition) is 4. The number of thiocarbonyl (C=S) groups is 1. The van der Waals surface area contributed by atoms with Gasteiger partial charge in [0, 0.05) is 11.9 Å². The average Bonchev–Trinajstić information content (AvgIpc) is 2.40. The van der Waals surface area contributed by atoms with E-state index in [-0.39, 0.29) is 10.7 Å². The fourth-order valence-electron chi connectivity index (χ4n) is 1.07. The number of carbonyl (C=O) groups excluding carboxylic acids is 1. The molecule has 0 aliphatic carbocycles. The van der Waals surface area contributed by atoms with Crippen molar-refractivity contribution in [2.24, 2.45) is 0 Å². The molecule has 1 aromatic carbocycles. The predicted octanol–water partition coefficient (Wildman–Crippen LogP) is 1.55. The Morgan fingerprint density at radius 3 is 2.67 bits per heavy atom. The normalized spacial score (nSPS) is 10.1. The van der Waals surface area contributed by atoms with E-state index in [9.17, 15) is 4.79 Å². The molecule has 0 saturated carbocycles. The lowest BCUT2D eigenvalue weighted by Gasteiger charge is -2.07. The number of nitriles is 1. The molecule has 1 rings (SSSR count). The Labute approximate surface area is 110 Å². The largest absolute Gasteiger partial charge is 0.465 e. The fourth-order valence-corrected chi connectivity index (χ4v) is 1.25. The highest BCUT2D eigenvalue weighted by Crippen LogP contribution is 2.04. The molecule has 0 aromatic heterocycles. The maximum absolute atomic E-state index is 11.1. The zero-order chi connectivity index (χ0) is 13.4. The summed E-state index contributed by atoms with van der Waals surface area (Å²) in [6.45, 7) is 0. The number of carbonyl (C=O) groups is 1. The van der Waals surface area contributed by atoms with E-state index in [0.717, 1.165) is 5.69 Å². The van der Waals surface area contributed by atoms with Gasteiger partial charge in [-0.25, -0.2) is 4.79 Å². The molecule has 0 aliphatic rings. The molecule has 0 fully saturated rings. The van der Waals surface area contributed by atoms with Crippen molar-refractivity contribution in [2.75, 3.05) is 12.4 Å². The molecule has 0 saturated heterocycles. The molecule has 0 aliphatic heterocycles. The van der Waals surface area contributed by atoms with Gasteiger partial charge in [0.05, 0.1) is 7.11 Å². The van der Waals surface area contributed by atoms with E-state index < -0.39 is 5.97 Å². The second-order valence-corrected chi connectivity index (χ2v) is 3.53. The van der Waals surface area contributed by atoms with Crippen molar-refractivity contribution >= 4 is 29.0 Å². The molecule has 2 N–H and O–H groups in total. The summed E-state index contributed by atoms with van der Waals surface area (Å²) in [4.78, 5) is 11.1. The number of ether oxygens (including phenoxy) is 1. The SMILES string of the molecule is COC(=O)/C(C#N)=C/NC(=S)Nc1ccccc1. The Hall–Kier alpha value is -2.39. The van der Waals surface area contributed by atoms with E-state index >= 15 is 0 Å². The third-order valence-corrected chi connectivity index (χ3v) is 2.12. The molecular formula is C12H11N3O2S. The van der Waals surface area contributed by atoms with Crippen LogP contribution < -0.4 is 10.6 Å². The van der Waals surface area contributed by atoms with E-state index in [1.54, 1.807) is 6.07 Å². The first kappa shape index (κ1) is 13.7. The molecule has 0 amide bonds. The number of methoxy groups -OCH3 is 1. The van der Waals surface area contributed by atoms with Crippen LogP contribution in [0.25, 0.3) is 0 Å². The number of hydrogen-bond donors (Lipinski definition) is 2. The molecule has 0 spiro atoms. The van der Waals surface area contributed by atoms with Gasteiger partial charge in [0.15, 0.2) is 10.7 Å². The molecule has 92 valence electrons. The van der Waals surface area contributed by atoms with Gasteiger partial charge in [0.2, 0.25) is 0 Å². The summed E-state index contributed by atoms with van der Waals surface area (Å²) in [6, 6.07) is 11.0.